The first-order chi connectivity index (χ1) is 21.5. The summed E-state index contributed by atoms with van der Waals surface area (Å²) >= 11 is 7.70. The van der Waals surface area contributed by atoms with Gasteiger partial charge in [-0.2, -0.15) is 15.2 Å². The Kier molecular flexibility index (Phi) is 7.35. The Hall–Kier alpha value is -3.63. The van der Waals surface area contributed by atoms with E-state index < -0.39 is 22.8 Å². The van der Waals surface area contributed by atoms with Crippen LogP contribution in [0.1, 0.15) is 44.6 Å². The Labute approximate surface area is 266 Å². The highest BCUT2D eigenvalue weighted by Crippen LogP contribution is 2.46. The number of thiophene rings is 1. The van der Waals surface area contributed by atoms with Crippen LogP contribution in [0.4, 0.5) is 24.0 Å². The fourth-order valence-corrected chi connectivity index (χ4v) is 8.52. The molecule has 0 spiro atoms. The summed E-state index contributed by atoms with van der Waals surface area (Å²) in [4.78, 5) is 13.3. The third kappa shape index (κ3) is 4.97. The van der Waals surface area contributed by atoms with E-state index >= 15 is 4.39 Å². The van der Waals surface area contributed by atoms with Crippen molar-refractivity contribution in [3.8, 4) is 23.2 Å². The minimum atomic E-state index is -0.993. The summed E-state index contributed by atoms with van der Waals surface area (Å²) in [5.74, 6) is -1.01. The van der Waals surface area contributed by atoms with Crippen molar-refractivity contribution < 1.29 is 23.0 Å². The fourth-order valence-electron chi connectivity index (χ4n) is 7.27. The average molecular weight is 655 g/mol. The number of ether oxygens (including phenoxy) is 1. The van der Waals surface area contributed by atoms with E-state index in [0.29, 0.717) is 55.5 Å². The summed E-state index contributed by atoms with van der Waals surface area (Å²) in [7, 11) is 0. The molecule has 5 heterocycles. The number of hydrogen-bond donors (Lipinski definition) is 2. The quantitative estimate of drug-likeness (QED) is 0.244. The number of nitriles is 1. The summed E-state index contributed by atoms with van der Waals surface area (Å²) in [5, 5.41) is 21.3. The smallest absolute Gasteiger partial charge is 0.319 e. The molecule has 0 radical (unpaired) electrons. The van der Waals surface area contributed by atoms with E-state index in [1.807, 2.05) is 11.0 Å². The molecule has 2 aromatic carbocycles. The molecule has 234 valence electrons. The predicted molar refractivity (Wildman–Crippen MR) is 169 cm³/mol. The van der Waals surface area contributed by atoms with E-state index in [4.69, 9.17) is 27.1 Å². The first kappa shape index (κ1) is 30.0. The maximum absolute atomic E-state index is 16.9. The van der Waals surface area contributed by atoms with E-state index in [0.717, 1.165) is 30.7 Å². The van der Waals surface area contributed by atoms with Gasteiger partial charge in [0.15, 0.2) is 5.82 Å². The minimum Gasteiger partial charge on any atom is -0.461 e. The molecule has 0 amide bonds. The topological polar surface area (TPSA) is 112 Å². The Balaban J connectivity index is 1.40. The second-order valence-electron chi connectivity index (χ2n) is 12.5. The second-order valence-corrected chi connectivity index (χ2v) is 14.0. The van der Waals surface area contributed by atoms with Crippen molar-refractivity contribution in [2.24, 2.45) is 0 Å². The number of rotatable bonds is 5. The first-order valence-corrected chi connectivity index (χ1v) is 16.0. The largest absolute Gasteiger partial charge is 0.461 e. The summed E-state index contributed by atoms with van der Waals surface area (Å²) in [6, 6.07) is 6.09. The van der Waals surface area contributed by atoms with E-state index in [1.165, 1.54) is 12.1 Å². The standard InChI is InChI=1S/C32H30ClF3N6O2S/c1-31(43)6-2-8-41(15-31)29-19-10-21(33)24(18-4-5-22(35)27-23(18)20(13-37)28(38)45-27)25(36)26(19)39-30(40-29)44-16-32-7-3-9-42(32)14-17(11-32)12-34/h4-5,10,12,43H,2-3,6-9,11,14-16,38H2,1H3/b17-12-/t31-,32?/m1/s1. The van der Waals surface area contributed by atoms with Crippen molar-refractivity contribution in [2.45, 2.75) is 50.2 Å². The number of benzene rings is 2. The van der Waals surface area contributed by atoms with Crippen molar-refractivity contribution >= 4 is 54.7 Å². The summed E-state index contributed by atoms with van der Waals surface area (Å²) < 4.78 is 51.5. The van der Waals surface area contributed by atoms with Gasteiger partial charge in [-0.3, -0.25) is 4.90 Å². The van der Waals surface area contributed by atoms with Crippen LogP contribution in [0.5, 0.6) is 6.01 Å². The van der Waals surface area contributed by atoms with Crippen LogP contribution < -0.4 is 15.4 Å². The maximum atomic E-state index is 16.9. The lowest BCUT2D eigenvalue weighted by Gasteiger charge is -2.38. The van der Waals surface area contributed by atoms with Gasteiger partial charge in [-0.25, -0.2) is 13.2 Å². The highest BCUT2D eigenvalue weighted by atomic mass is 35.5. The van der Waals surface area contributed by atoms with E-state index in [1.54, 1.807) is 13.0 Å². The zero-order valence-corrected chi connectivity index (χ0v) is 26.0. The Morgan fingerprint density at radius 1 is 1.24 bits per heavy atom. The third-order valence-corrected chi connectivity index (χ3v) is 10.7. The SMILES string of the molecule is C[C@@]1(O)CCCN(c2nc(OCC34CCCN3C/C(=C\F)C4)nc3c(F)c(-c4ccc(F)c5sc(N)c(C#N)c45)c(Cl)cc23)C1. The summed E-state index contributed by atoms with van der Waals surface area (Å²) in [5.41, 5.74) is 5.47. The molecule has 2 aromatic heterocycles. The molecule has 13 heteroatoms. The first-order valence-electron chi connectivity index (χ1n) is 14.8. The number of piperidine rings is 1. The average Bonchev–Trinajstić information content (AvgIpc) is 3.66. The van der Waals surface area contributed by atoms with Gasteiger partial charge in [0.2, 0.25) is 0 Å². The molecule has 7 rings (SSSR count). The summed E-state index contributed by atoms with van der Waals surface area (Å²) in [6.07, 6.45) is 4.25. The molecule has 1 unspecified atom stereocenters. The van der Waals surface area contributed by atoms with Crippen LogP contribution in [0.2, 0.25) is 5.02 Å². The molecule has 0 aliphatic carbocycles. The molecule has 3 N–H and O–H groups in total. The Morgan fingerprint density at radius 2 is 2.04 bits per heavy atom. The van der Waals surface area contributed by atoms with Crippen LogP contribution in [0.25, 0.3) is 32.1 Å². The van der Waals surface area contributed by atoms with Crippen LogP contribution in [0.3, 0.4) is 0 Å². The van der Waals surface area contributed by atoms with Crippen molar-refractivity contribution in [3.63, 3.8) is 0 Å². The van der Waals surface area contributed by atoms with Gasteiger partial charge in [0, 0.05) is 36.0 Å². The lowest BCUT2D eigenvalue weighted by atomic mass is 9.94. The molecular weight excluding hydrogens is 625 g/mol. The van der Waals surface area contributed by atoms with E-state index in [2.05, 4.69) is 9.88 Å². The summed E-state index contributed by atoms with van der Waals surface area (Å²) in [6.45, 7) is 4.10. The number of anilines is 2. The molecule has 3 aliphatic rings. The second kappa shape index (κ2) is 11.0. The maximum Gasteiger partial charge on any atom is 0.319 e. The van der Waals surface area contributed by atoms with Crippen molar-refractivity contribution in [1.29, 1.82) is 5.26 Å². The Bertz CT molecular complexity index is 1940. The zero-order valence-electron chi connectivity index (χ0n) is 24.5. The highest BCUT2D eigenvalue weighted by molar-refractivity contribution is 7.23. The lowest BCUT2D eigenvalue weighted by molar-refractivity contribution is 0.0447. The van der Waals surface area contributed by atoms with Gasteiger partial charge in [0.05, 0.1) is 32.8 Å². The highest BCUT2D eigenvalue weighted by Gasteiger charge is 2.47. The molecule has 0 bridgehead atoms. The number of aromatic nitrogens is 2. The molecular formula is C32H30ClF3N6O2S. The molecule has 8 nitrogen and oxygen atoms in total. The number of aliphatic hydroxyl groups is 1. The van der Waals surface area contributed by atoms with Crippen molar-refractivity contribution in [1.82, 2.24) is 14.9 Å². The van der Waals surface area contributed by atoms with Crippen molar-refractivity contribution in [3.05, 3.63) is 52.3 Å². The van der Waals surface area contributed by atoms with Crippen LogP contribution >= 0.6 is 22.9 Å². The van der Waals surface area contributed by atoms with Gasteiger partial charge in [0.1, 0.15) is 34.8 Å². The molecule has 3 aliphatic heterocycles. The molecule has 4 aromatic rings. The minimum absolute atomic E-state index is 0.0147. The molecule has 2 atom stereocenters. The van der Waals surface area contributed by atoms with Crippen LogP contribution in [0, 0.1) is 23.0 Å². The van der Waals surface area contributed by atoms with Gasteiger partial charge in [-0.15, -0.1) is 11.3 Å². The Morgan fingerprint density at radius 3 is 2.80 bits per heavy atom. The number of hydrogen-bond acceptors (Lipinski definition) is 9. The number of β-amino-alcohol motifs (C(OH)–C–C–N with tert-alkyl or cyclic N) is 1. The number of fused-ring (bicyclic) bond motifs is 3. The van der Waals surface area contributed by atoms with Gasteiger partial charge in [-0.1, -0.05) is 17.7 Å². The van der Waals surface area contributed by atoms with Crippen LogP contribution in [0.15, 0.2) is 30.1 Å². The molecule has 3 saturated heterocycles. The van der Waals surface area contributed by atoms with Gasteiger partial charge in [0.25, 0.3) is 0 Å². The monoisotopic (exact) mass is 654 g/mol. The molecule has 45 heavy (non-hydrogen) atoms. The third-order valence-electron chi connectivity index (χ3n) is 9.33. The van der Waals surface area contributed by atoms with Gasteiger partial charge in [-0.05, 0) is 68.8 Å². The van der Waals surface area contributed by atoms with Crippen LogP contribution in [-0.2, 0) is 0 Å². The molecule has 0 saturated carbocycles. The predicted octanol–water partition coefficient (Wildman–Crippen LogP) is 6.72. The number of halogens is 4. The zero-order chi connectivity index (χ0) is 31.7. The van der Waals surface area contributed by atoms with Crippen molar-refractivity contribution in [2.75, 3.05) is 43.4 Å². The number of nitrogens with two attached hydrogens (primary N) is 1. The number of nitrogens with zero attached hydrogens (tertiary/aromatic N) is 5. The van der Waals surface area contributed by atoms with Gasteiger partial charge >= 0.3 is 6.01 Å². The van der Waals surface area contributed by atoms with E-state index in [9.17, 15) is 19.1 Å². The van der Waals surface area contributed by atoms with E-state index in [-0.39, 0.29) is 61.5 Å². The normalized spacial score (nSPS) is 24.6. The van der Waals surface area contributed by atoms with Gasteiger partial charge < -0.3 is 20.5 Å². The van der Waals surface area contributed by atoms with Crippen LogP contribution in [-0.4, -0.2) is 63.9 Å². The lowest BCUT2D eigenvalue weighted by Crippen LogP contribution is -2.46. The molecule has 3 fully saturated rings. The fraction of sp³-hybridized carbons (Fsp3) is 0.406. The number of nitrogen functional groups attached to an aromatic ring is 1.